The van der Waals surface area contributed by atoms with Crippen LogP contribution in [-0.2, 0) is 10.9 Å². The molecule has 1 fully saturated rings. The van der Waals surface area contributed by atoms with Crippen molar-refractivity contribution in [3.63, 3.8) is 0 Å². The number of likely N-dealkylation sites (N-methyl/N-ethyl adjacent to an activating group) is 1. The summed E-state index contributed by atoms with van der Waals surface area (Å²) in [6.07, 6.45) is -5.78. The van der Waals surface area contributed by atoms with Crippen molar-refractivity contribution in [3.05, 3.63) is 35.4 Å². The molecule has 0 radical (unpaired) electrons. The Balaban J connectivity index is 2.25. The third-order valence-electron chi connectivity index (χ3n) is 2.56. The van der Waals surface area contributed by atoms with Gasteiger partial charge in [-0.25, -0.2) is 9.80 Å². The highest BCUT2D eigenvalue weighted by atomic mass is 19.4. The molecule has 0 saturated carbocycles. The highest BCUT2D eigenvalue weighted by Gasteiger charge is 2.32. The van der Waals surface area contributed by atoms with E-state index in [1.54, 1.807) is 7.05 Å². The second-order valence-corrected chi connectivity index (χ2v) is 4.01. The van der Waals surface area contributed by atoms with Crippen LogP contribution in [0.1, 0.15) is 17.2 Å². The van der Waals surface area contributed by atoms with Gasteiger partial charge in [0.25, 0.3) is 0 Å². The van der Waals surface area contributed by atoms with E-state index >= 15 is 0 Å². The van der Waals surface area contributed by atoms with Crippen molar-refractivity contribution in [3.8, 4) is 0 Å². The first-order valence-electron chi connectivity index (χ1n) is 5.22. The first kappa shape index (κ1) is 12.7. The number of carbonyl (C=O) groups excluding carboxylic acids is 1. The molecule has 98 valence electrons. The number of carbonyl (C=O) groups is 1. The highest BCUT2D eigenvalue weighted by molar-refractivity contribution is 5.67. The summed E-state index contributed by atoms with van der Waals surface area (Å²) in [6, 6.07) is 4.79. The van der Waals surface area contributed by atoms with Gasteiger partial charge < -0.3 is 4.74 Å². The van der Waals surface area contributed by atoms with Crippen LogP contribution in [0.5, 0.6) is 0 Å². The first-order valence-corrected chi connectivity index (χ1v) is 5.22. The van der Waals surface area contributed by atoms with Gasteiger partial charge in [-0.15, -0.1) is 0 Å². The quantitative estimate of drug-likeness (QED) is 0.842. The Kier molecular flexibility index (Phi) is 3.16. The summed E-state index contributed by atoms with van der Waals surface area (Å²) in [7, 11) is 1.61. The van der Waals surface area contributed by atoms with Gasteiger partial charge in [0.2, 0.25) is 0 Å². The average molecular weight is 260 g/mol. The molecule has 1 aliphatic rings. The zero-order valence-corrected chi connectivity index (χ0v) is 9.49. The molecule has 1 aromatic carbocycles. The standard InChI is InChI=1S/C11H11F3N2O2/c1-16-6-9(18-10(17)15-16)7-3-2-4-8(5-7)11(12,13)14/h2-5,9H,6H2,1H3,(H,15,17). The van der Waals surface area contributed by atoms with Gasteiger partial charge in [0, 0.05) is 7.05 Å². The minimum Gasteiger partial charge on any atom is -0.439 e. The molecular formula is C11H11F3N2O2. The van der Waals surface area contributed by atoms with E-state index in [-0.39, 0.29) is 6.54 Å². The molecule has 7 heteroatoms. The average Bonchev–Trinajstić information content (AvgIpc) is 2.27. The third-order valence-corrected chi connectivity index (χ3v) is 2.56. The smallest absolute Gasteiger partial charge is 0.422 e. The molecule has 1 unspecified atom stereocenters. The molecule has 1 atom stereocenters. The highest BCUT2D eigenvalue weighted by Crippen LogP contribution is 2.31. The second-order valence-electron chi connectivity index (χ2n) is 4.01. The molecule has 0 spiro atoms. The molecule has 1 amide bonds. The molecule has 0 bridgehead atoms. The van der Waals surface area contributed by atoms with Gasteiger partial charge in [0.15, 0.2) is 0 Å². The largest absolute Gasteiger partial charge is 0.439 e. The van der Waals surface area contributed by atoms with Crippen molar-refractivity contribution >= 4 is 6.09 Å². The Morgan fingerprint density at radius 3 is 2.78 bits per heavy atom. The molecule has 1 saturated heterocycles. The van der Waals surface area contributed by atoms with E-state index < -0.39 is 23.9 Å². The number of halogens is 3. The number of cyclic esters (lactones) is 1. The number of benzene rings is 1. The molecule has 1 aliphatic heterocycles. The molecule has 18 heavy (non-hydrogen) atoms. The zero-order valence-electron chi connectivity index (χ0n) is 9.49. The van der Waals surface area contributed by atoms with Gasteiger partial charge in [0.1, 0.15) is 6.10 Å². The lowest BCUT2D eigenvalue weighted by Crippen LogP contribution is -2.48. The maximum absolute atomic E-state index is 12.6. The van der Waals surface area contributed by atoms with E-state index in [0.717, 1.165) is 12.1 Å². The van der Waals surface area contributed by atoms with Crippen molar-refractivity contribution in [1.82, 2.24) is 10.4 Å². The van der Waals surface area contributed by atoms with Crippen LogP contribution in [0.2, 0.25) is 0 Å². The van der Waals surface area contributed by atoms with Crippen LogP contribution < -0.4 is 5.43 Å². The minimum absolute atomic E-state index is 0.285. The fourth-order valence-corrected chi connectivity index (χ4v) is 1.73. The number of alkyl halides is 3. The van der Waals surface area contributed by atoms with Gasteiger partial charge in [-0.1, -0.05) is 12.1 Å². The van der Waals surface area contributed by atoms with E-state index in [1.807, 2.05) is 0 Å². The number of hydrogen-bond acceptors (Lipinski definition) is 3. The fourth-order valence-electron chi connectivity index (χ4n) is 1.73. The predicted molar refractivity (Wildman–Crippen MR) is 56.4 cm³/mol. The molecule has 1 heterocycles. The van der Waals surface area contributed by atoms with Gasteiger partial charge in [0.05, 0.1) is 12.1 Å². The molecular weight excluding hydrogens is 249 g/mol. The summed E-state index contributed by atoms with van der Waals surface area (Å²) in [5.41, 5.74) is 1.95. The number of amides is 1. The maximum atomic E-state index is 12.6. The van der Waals surface area contributed by atoms with Crippen LogP contribution in [0.4, 0.5) is 18.0 Å². The van der Waals surface area contributed by atoms with Crippen molar-refractivity contribution in [2.75, 3.05) is 13.6 Å². The lowest BCUT2D eigenvalue weighted by Gasteiger charge is -2.30. The molecule has 0 aliphatic carbocycles. The van der Waals surface area contributed by atoms with Crippen LogP contribution in [0.3, 0.4) is 0 Å². The predicted octanol–water partition coefficient (Wildman–Crippen LogP) is 2.33. The van der Waals surface area contributed by atoms with Gasteiger partial charge in [-0.2, -0.15) is 13.2 Å². The molecule has 1 aromatic rings. The fraction of sp³-hybridized carbons (Fsp3) is 0.364. The Morgan fingerprint density at radius 1 is 1.44 bits per heavy atom. The van der Waals surface area contributed by atoms with Crippen LogP contribution in [0, 0.1) is 0 Å². The summed E-state index contributed by atoms with van der Waals surface area (Å²) in [5, 5.41) is 1.47. The number of nitrogens with zero attached hydrogens (tertiary/aromatic N) is 1. The topological polar surface area (TPSA) is 41.6 Å². The van der Waals surface area contributed by atoms with Gasteiger partial charge in [-0.3, -0.25) is 5.43 Å². The maximum Gasteiger partial charge on any atom is 0.422 e. The van der Waals surface area contributed by atoms with Crippen LogP contribution in [0.15, 0.2) is 24.3 Å². The number of ether oxygens (including phenoxy) is 1. The lowest BCUT2D eigenvalue weighted by molar-refractivity contribution is -0.137. The normalized spacial score (nSPS) is 21.3. The second kappa shape index (κ2) is 4.49. The van der Waals surface area contributed by atoms with E-state index in [9.17, 15) is 18.0 Å². The molecule has 1 N–H and O–H groups in total. The summed E-state index contributed by atoms with van der Waals surface area (Å²) in [6.45, 7) is 0.285. The van der Waals surface area contributed by atoms with Crippen LogP contribution in [0.25, 0.3) is 0 Å². The Bertz CT molecular complexity index is 462. The van der Waals surface area contributed by atoms with E-state index in [1.165, 1.54) is 17.1 Å². The Morgan fingerprint density at radius 2 is 2.17 bits per heavy atom. The number of hydrogen-bond donors (Lipinski definition) is 1. The van der Waals surface area contributed by atoms with Crippen molar-refractivity contribution in [2.45, 2.75) is 12.3 Å². The molecule has 0 aromatic heterocycles. The summed E-state index contributed by atoms with van der Waals surface area (Å²) in [4.78, 5) is 11.1. The zero-order chi connectivity index (χ0) is 13.3. The lowest BCUT2D eigenvalue weighted by atomic mass is 10.1. The number of rotatable bonds is 1. The van der Waals surface area contributed by atoms with Gasteiger partial charge >= 0.3 is 12.3 Å². The monoisotopic (exact) mass is 260 g/mol. The van der Waals surface area contributed by atoms with Crippen molar-refractivity contribution < 1.29 is 22.7 Å². The molecule has 2 rings (SSSR count). The summed E-state index contributed by atoms with van der Waals surface area (Å²) in [5.74, 6) is 0. The number of nitrogens with one attached hydrogen (secondary N) is 1. The van der Waals surface area contributed by atoms with Crippen LogP contribution >= 0.6 is 0 Å². The summed E-state index contributed by atoms with van der Waals surface area (Å²) >= 11 is 0. The van der Waals surface area contributed by atoms with Crippen molar-refractivity contribution in [2.24, 2.45) is 0 Å². The summed E-state index contributed by atoms with van der Waals surface area (Å²) < 4.78 is 42.6. The van der Waals surface area contributed by atoms with E-state index in [0.29, 0.717) is 5.56 Å². The molecule has 4 nitrogen and oxygen atoms in total. The van der Waals surface area contributed by atoms with Crippen molar-refractivity contribution in [1.29, 1.82) is 0 Å². The van der Waals surface area contributed by atoms with Crippen LogP contribution in [-0.4, -0.2) is 24.7 Å². The minimum atomic E-state index is -4.40. The third kappa shape index (κ3) is 2.73. The van der Waals surface area contributed by atoms with E-state index in [2.05, 4.69) is 5.43 Å². The number of hydrazine groups is 1. The van der Waals surface area contributed by atoms with Gasteiger partial charge in [-0.05, 0) is 17.7 Å². The Labute approximate surface area is 101 Å². The first-order chi connectivity index (χ1) is 8.36. The van der Waals surface area contributed by atoms with E-state index in [4.69, 9.17) is 4.74 Å². The SMILES string of the molecule is CN1CC(c2cccc(C(F)(F)F)c2)OC(=O)N1. The Hall–Kier alpha value is -1.76.